The van der Waals surface area contributed by atoms with Crippen LogP contribution < -0.4 is 5.73 Å². The van der Waals surface area contributed by atoms with Gasteiger partial charge in [-0.25, -0.2) is 0 Å². The van der Waals surface area contributed by atoms with Crippen molar-refractivity contribution in [2.24, 2.45) is 5.73 Å². The van der Waals surface area contributed by atoms with Gasteiger partial charge in [-0.15, -0.1) is 0 Å². The summed E-state index contributed by atoms with van der Waals surface area (Å²) in [6, 6.07) is 0.152. The zero-order valence-electron chi connectivity index (χ0n) is 9.92. The van der Waals surface area contributed by atoms with Crippen molar-refractivity contribution in [3.63, 3.8) is 0 Å². The third-order valence-electron chi connectivity index (χ3n) is 2.46. The van der Waals surface area contributed by atoms with Gasteiger partial charge in [0.25, 0.3) is 0 Å². The van der Waals surface area contributed by atoms with E-state index in [0.717, 1.165) is 19.7 Å². The molecule has 0 spiro atoms. The normalized spacial score (nSPS) is 27.6. The predicted molar refractivity (Wildman–Crippen MR) is 63.2 cm³/mol. The molecule has 4 heteroatoms. The Morgan fingerprint density at radius 3 is 2.64 bits per heavy atom. The fraction of sp³-hybridized carbons (Fsp3) is 1.00. The molecule has 2 atom stereocenters. The van der Waals surface area contributed by atoms with Gasteiger partial charge < -0.3 is 15.4 Å². The van der Waals surface area contributed by atoms with Gasteiger partial charge in [-0.2, -0.15) is 0 Å². The molecule has 0 aliphatic carbocycles. The molecule has 0 aromatic rings. The quantitative estimate of drug-likeness (QED) is 0.713. The van der Waals surface area contributed by atoms with E-state index in [1.54, 1.807) is 0 Å². The lowest BCUT2D eigenvalue weighted by Gasteiger charge is -2.37. The summed E-state index contributed by atoms with van der Waals surface area (Å²) >= 11 is 0. The number of hydrogen-bond donors (Lipinski definition) is 1. The molecule has 1 aliphatic rings. The molecule has 0 aromatic heterocycles. The van der Waals surface area contributed by atoms with E-state index in [1.807, 2.05) is 6.92 Å². The maximum Gasteiger partial charge on any atom is 0.0850 e. The lowest BCUT2D eigenvalue weighted by molar-refractivity contribution is -0.0324. The fourth-order valence-electron chi connectivity index (χ4n) is 1.86. The number of nitrogens with two attached hydrogens (primary N) is 1. The van der Waals surface area contributed by atoms with Gasteiger partial charge in [0.15, 0.2) is 0 Å². The minimum Gasteiger partial charge on any atom is -0.374 e. The Kier molecular flexibility index (Phi) is 4.12. The van der Waals surface area contributed by atoms with E-state index in [1.165, 1.54) is 6.17 Å². The molecule has 84 valence electrons. The maximum absolute atomic E-state index is 5.85. The van der Waals surface area contributed by atoms with Gasteiger partial charge in [-0.3, -0.25) is 0 Å². The van der Waals surface area contributed by atoms with Crippen LogP contribution in [0.5, 0.6) is 0 Å². The average Bonchev–Trinajstić information content (AvgIpc) is 2.01. The number of rotatable bonds is 3. The monoisotopic (exact) mass is 216 g/mol. The standard InChI is InChI=1S/C10H24N2OSi/c1-9(11)10-7-12(5-6-13-10)8-14(2,3)4/h9-10H,5-8,11H2,1-4H3. The van der Waals surface area contributed by atoms with Crippen LogP contribution in [0.4, 0.5) is 0 Å². The van der Waals surface area contributed by atoms with Crippen molar-refractivity contribution in [3.8, 4) is 0 Å². The van der Waals surface area contributed by atoms with Crippen LogP contribution in [-0.2, 0) is 4.74 Å². The van der Waals surface area contributed by atoms with Gasteiger partial charge in [-0.05, 0) is 13.1 Å². The molecule has 1 fully saturated rings. The van der Waals surface area contributed by atoms with E-state index in [4.69, 9.17) is 10.5 Å². The summed E-state index contributed by atoms with van der Waals surface area (Å²) in [5.74, 6) is 0. The van der Waals surface area contributed by atoms with Crippen LogP contribution in [0.25, 0.3) is 0 Å². The molecule has 2 N–H and O–H groups in total. The number of hydrogen-bond acceptors (Lipinski definition) is 3. The zero-order chi connectivity index (χ0) is 10.8. The van der Waals surface area contributed by atoms with E-state index >= 15 is 0 Å². The van der Waals surface area contributed by atoms with Crippen LogP contribution >= 0.6 is 0 Å². The first kappa shape index (κ1) is 12.2. The van der Waals surface area contributed by atoms with Crippen molar-refractivity contribution in [3.05, 3.63) is 0 Å². The number of nitrogens with zero attached hydrogens (tertiary/aromatic N) is 1. The summed E-state index contributed by atoms with van der Waals surface area (Å²) in [6.45, 7) is 12.2. The molecule has 0 bridgehead atoms. The van der Waals surface area contributed by atoms with Gasteiger partial charge in [0.05, 0.1) is 20.8 Å². The predicted octanol–water partition coefficient (Wildman–Crippen LogP) is 0.912. The second kappa shape index (κ2) is 4.75. The Balaban J connectivity index is 2.40. The van der Waals surface area contributed by atoms with Gasteiger partial charge in [0, 0.05) is 19.1 Å². The Hall–Kier alpha value is 0.0969. The molecule has 2 unspecified atom stereocenters. The lowest BCUT2D eigenvalue weighted by atomic mass is 10.1. The second-order valence-corrected chi connectivity index (χ2v) is 11.0. The van der Waals surface area contributed by atoms with Gasteiger partial charge in [0.1, 0.15) is 0 Å². The molecule has 0 radical (unpaired) electrons. The highest BCUT2D eigenvalue weighted by atomic mass is 28.3. The van der Waals surface area contributed by atoms with Crippen molar-refractivity contribution in [2.75, 3.05) is 25.9 Å². The highest BCUT2D eigenvalue weighted by molar-refractivity contribution is 6.76. The first-order valence-corrected chi connectivity index (χ1v) is 9.19. The molecular formula is C10H24N2OSi. The summed E-state index contributed by atoms with van der Waals surface area (Å²) < 4.78 is 5.63. The highest BCUT2D eigenvalue weighted by Crippen LogP contribution is 2.11. The first-order valence-electron chi connectivity index (χ1n) is 5.48. The van der Waals surface area contributed by atoms with Crippen LogP contribution in [0.2, 0.25) is 19.6 Å². The van der Waals surface area contributed by atoms with Crippen LogP contribution in [0.1, 0.15) is 6.92 Å². The number of morpholine rings is 1. The third kappa shape index (κ3) is 4.08. The van der Waals surface area contributed by atoms with Gasteiger partial charge in [0.2, 0.25) is 0 Å². The average molecular weight is 216 g/mol. The van der Waals surface area contributed by atoms with E-state index in [9.17, 15) is 0 Å². The lowest BCUT2D eigenvalue weighted by Crippen LogP contribution is -2.53. The van der Waals surface area contributed by atoms with Crippen LogP contribution in [0, 0.1) is 0 Å². The van der Waals surface area contributed by atoms with Gasteiger partial charge >= 0.3 is 0 Å². The topological polar surface area (TPSA) is 38.5 Å². The van der Waals surface area contributed by atoms with E-state index in [0.29, 0.717) is 0 Å². The van der Waals surface area contributed by atoms with Crippen LogP contribution in [-0.4, -0.2) is 51.0 Å². The Labute approximate surface area is 88.6 Å². The number of ether oxygens (including phenoxy) is 1. The minimum absolute atomic E-state index is 0.152. The molecule has 1 heterocycles. The summed E-state index contributed by atoms with van der Waals surface area (Å²) in [5, 5.41) is 0. The first-order chi connectivity index (χ1) is 6.38. The summed E-state index contributed by atoms with van der Waals surface area (Å²) in [6.07, 6.45) is 1.50. The molecule has 1 rings (SSSR count). The Morgan fingerprint density at radius 1 is 1.50 bits per heavy atom. The molecule has 0 amide bonds. The van der Waals surface area contributed by atoms with E-state index in [2.05, 4.69) is 24.5 Å². The molecule has 1 aliphatic heterocycles. The van der Waals surface area contributed by atoms with Crippen molar-refractivity contribution in [2.45, 2.75) is 38.7 Å². The van der Waals surface area contributed by atoms with Crippen molar-refractivity contribution >= 4 is 8.07 Å². The molecule has 14 heavy (non-hydrogen) atoms. The SMILES string of the molecule is CC(N)C1CN(C[Si](C)(C)C)CCO1. The third-order valence-corrected chi connectivity index (χ3v) is 3.86. The molecule has 3 nitrogen and oxygen atoms in total. The molecule has 0 aromatic carbocycles. The summed E-state index contributed by atoms with van der Waals surface area (Å²) in [4.78, 5) is 2.52. The maximum atomic E-state index is 5.85. The molecule has 1 saturated heterocycles. The van der Waals surface area contributed by atoms with Crippen molar-refractivity contribution in [1.29, 1.82) is 0 Å². The molecular weight excluding hydrogens is 192 g/mol. The fourth-order valence-corrected chi connectivity index (χ4v) is 3.49. The van der Waals surface area contributed by atoms with Crippen LogP contribution in [0.3, 0.4) is 0 Å². The second-order valence-electron chi connectivity index (χ2n) is 5.56. The van der Waals surface area contributed by atoms with Crippen molar-refractivity contribution < 1.29 is 4.74 Å². The molecule has 0 saturated carbocycles. The van der Waals surface area contributed by atoms with Gasteiger partial charge in [-0.1, -0.05) is 19.6 Å². The van der Waals surface area contributed by atoms with Crippen LogP contribution in [0.15, 0.2) is 0 Å². The zero-order valence-corrected chi connectivity index (χ0v) is 10.9. The minimum atomic E-state index is -0.979. The van der Waals surface area contributed by atoms with E-state index in [-0.39, 0.29) is 12.1 Å². The smallest absolute Gasteiger partial charge is 0.0850 e. The highest BCUT2D eigenvalue weighted by Gasteiger charge is 2.26. The Morgan fingerprint density at radius 2 is 2.14 bits per heavy atom. The summed E-state index contributed by atoms with van der Waals surface area (Å²) in [7, 11) is -0.979. The van der Waals surface area contributed by atoms with Crippen molar-refractivity contribution in [1.82, 2.24) is 4.90 Å². The van der Waals surface area contributed by atoms with E-state index < -0.39 is 8.07 Å². The summed E-state index contributed by atoms with van der Waals surface area (Å²) in [5.41, 5.74) is 5.85. The largest absolute Gasteiger partial charge is 0.374 e. The Bertz CT molecular complexity index is 179.